The van der Waals surface area contributed by atoms with Gasteiger partial charge in [0.25, 0.3) is 0 Å². The smallest absolute Gasteiger partial charge is 0.150 e. The molecule has 0 saturated carbocycles. The van der Waals surface area contributed by atoms with E-state index in [0.29, 0.717) is 5.56 Å². The molecule has 0 aromatic heterocycles. The molecule has 4 nitrogen and oxygen atoms in total. The molecule has 22 heavy (non-hydrogen) atoms. The van der Waals surface area contributed by atoms with Crippen LogP contribution in [-0.2, 0) is 0 Å². The SMILES string of the molecule is O=Cc1ccccc1.[2H]C([2H])(C#N)C(O)c1ccccc1.[2H]C([2H])([2H])C#N. The van der Waals surface area contributed by atoms with E-state index in [1.807, 2.05) is 18.2 Å². The van der Waals surface area contributed by atoms with Crippen molar-refractivity contribution < 1.29 is 16.8 Å². The van der Waals surface area contributed by atoms with Gasteiger partial charge in [0.2, 0.25) is 0 Å². The minimum Gasteiger partial charge on any atom is -0.387 e. The monoisotopic (exact) mass is 299 g/mol. The lowest BCUT2D eigenvalue weighted by Crippen LogP contribution is -1.94. The Balaban J connectivity index is 0.000000413. The molecule has 1 unspecified atom stereocenters. The van der Waals surface area contributed by atoms with E-state index in [9.17, 15) is 9.90 Å². The second-order valence-corrected chi connectivity index (χ2v) is 3.71. The highest BCUT2D eigenvalue weighted by Crippen LogP contribution is 2.14. The van der Waals surface area contributed by atoms with E-state index in [2.05, 4.69) is 0 Å². The van der Waals surface area contributed by atoms with Gasteiger partial charge in [-0.3, -0.25) is 4.79 Å². The summed E-state index contributed by atoms with van der Waals surface area (Å²) in [6.45, 7) is -2.40. The van der Waals surface area contributed by atoms with Crippen molar-refractivity contribution in [1.82, 2.24) is 0 Å². The van der Waals surface area contributed by atoms with Crippen LogP contribution in [0.15, 0.2) is 60.7 Å². The largest absolute Gasteiger partial charge is 0.387 e. The second kappa shape index (κ2) is 13.1. The quantitative estimate of drug-likeness (QED) is 0.876. The fourth-order valence-corrected chi connectivity index (χ4v) is 1.31. The number of carbonyl (C=O) groups is 1. The Kier molecular flexibility index (Phi) is 6.93. The normalized spacial score (nSPS) is 14.0. The van der Waals surface area contributed by atoms with Crippen molar-refractivity contribution >= 4 is 6.29 Å². The second-order valence-electron chi connectivity index (χ2n) is 3.71. The van der Waals surface area contributed by atoms with Crippen molar-refractivity contribution in [2.24, 2.45) is 0 Å². The molecule has 4 heteroatoms. The molecule has 0 aliphatic heterocycles. The maximum Gasteiger partial charge on any atom is 0.150 e. The standard InChI is InChI=1S/C9H9NO.C7H6O.C2H3N/c10-7-6-9(11)8-4-2-1-3-5-8;8-6-7-4-2-1-3-5-7;1-2-3/h1-5,9,11H,6H2;1-6H;1H3/i6D2;;1D3. The van der Waals surface area contributed by atoms with Gasteiger partial charge in [-0.1, -0.05) is 60.7 Å². The molecule has 1 N–H and O–H groups in total. The van der Waals surface area contributed by atoms with Crippen LogP contribution in [0.25, 0.3) is 0 Å². The number of nitriles is 2. The van der Waals surface area contributed by atoms with E-state index in [0.717, 1.165) is 17.9 Å². The predicted octanol–water partition coefficient (Wildman–Crippen LogP) is 3.66. The number of benzene rings is 2. The topological polar surface area (TPSA) is 84.9 Å². The third-order valence-electron chi connectivity index (χ3n) is 2.25. The molecule has 0 aliphatic rings. The minimum absolute atomic E-state index is 0.411. The van der Waals surface area contributed by atoms with Gasteiger partial charge in [0.1, 0.15) is 6.29 Å². The van der Waals surface area contributed by atoms with Gasteiger partial charge in [-0.15, -0.1) is 0 Å². The van der Waals surface area contributed by atoms with E-state index >= 15 is 0 Å². The highest BCUT2D eigenvalue weighted by molar-refractivity contribution is 5.74. The van der Waals surface area contributed by atoms with Gasteiger partial charge in [0.15, 0.2) is 0 Å². The van der Waals surface area contributed by atoms with Crippen LogP contribution >= 0.6 is 0 Å². The third kappa shape index (κ3) is 9.03. The van der Waals surface area contributed by atoms with Crippen molar-refractivity contribution in [1.29, 1.82) is 10.5 Å². The van der Waals surface area contributed by atoms with Crippen LogP contribution in [0.3, 0.4) is 0 Å². The number of nitrogens with zero attached hydrogens (tertiary/aromatic N) is 2. The first kappa shape index (κ1) is 11.7. The summed E-state index contributed by atoms with van der Waals surface area (Å²) in [4.78, 5) is 10.0. The predicted molar refractivity (Wildman–Crippen MR) is 84.7 cm³/mol. The van der Waals surface area contributed by atoms with Crippen molar-refractivity contribution in [2.45, 2.75) is 19.3 Å². The number of hydrogen-bond donors (Lipinski definition) is 1. The minimum atomic E-state index is -2.40. The summed E-state index contributed by atoms with van der Waals surface area (Å²) in [5.41, 5.74) is 1.14. The van der Waals surface area contributed by atoms with E-state index in [-0.39, 0.29) is 0 Å². The zero-order chi connectivity index (χ0) is 20.9. The van der Waals surface area contributed by atoms with Gasteiger partial charge in [-0.2, -0.15) is 10.5 Å². The summed E-state index contributed by atoms with van der Waals surface area (Å²) < 4.78 is 32.8. The molecule has 0 saturated heterocycles. The van der Waals surface area contributed by atoms with Crippen LogP contribution in [0.2, 0.25) is 0 Å². The van der Waals surface area contributed by atoms with Gasteiger partial charge in [-0.25, -0.2) is 0 Å². The Morgan fingerprint density at radius 1 is 1.18 bits per heavy atom. The molecule has 0 aliphatic carbocycles. The Morgan fingerprint density at radius 2 is 1.68 bits per heavy atom. The van der Waals surface area contributed by atoms with Crippen molar-refractivity contribution in [3.05, 3.63) is 71.8 Å². The lowest BCUT2D eigenvalue weighted by Gasteiger charge is -2.04. The molecule has 0 spiro atoms. The summed E-state index contributed by atoms with van der Waals surface area (Å²) in [5.74, 6) is 0. The average molecular weight is 299 g/mol. The molecule has 2 aromatic rings. The van der Waals surface area contributed by atoms with Crippen molar-refractivity contribution in [3.63, 3.8) is 0 Å². The van der Waals surface area contributed by atoms with E-state index < -0.39 is 19.3 Å². The molecule has 0 bridgehead atoms. The molecule has 0 fully saturated rings. The van der Waals surface area contributed by atoms with Crippen LogP contribution in [0, 0.1) is 22.7 Å². The first-order valence-electron chi connectivity index (χ1n) is 8.63. The number of aliphatic hydroxyl groups is 1. The van der Waals surface area contributed by atoms with Crippen LogP contribution < -0.4 is 0 Å². The van der Waals surface area contributed by atoms with Crippen LogP contribution in [0.4, 0.5) is 0 Å². The molecule has 0 radical (unpaired) electrons. The van der Waals surface area contributed by atoms with E-state index in [1.165, 1.54) is 6.07 Å². The van der Waals surface area contributed by atoms with Crippen molar-refractivity contribution in [2.75, 3.05) is 0 Å². The lowest BCUT2D eigenvalue weighted by molar-refractivity contribution is 0.112. The Labute approximate surface area is 137 Å². The number of carbonyl (C=O) groups excluding carboxylic acids is 1. The average Bonchev–Trinajstić information content (AvgIpc) is 2.69. The fourth-order valence-electron chi connectivity index (χ4n) is 1.31. The molecular weight excluding hydrogens is 276 g/mol. The molecule has 0 amide bonds. The maximum absolute atomic E-state index is 10.0. The summed E-state index contributed by atoms with van der Waals surface area (Å²) in [6.07, 6.45) is -2.79. The summed E-state index contributed by atoms with van der Waals surface area (Å²) in [6, 6.07) is 19.9. The van der Waals surface area contributed by atoms with Crippen LogP contribution in [-0.4, -0.2) is 11.4 Å². The Hall–Kier alpha value is -2.95. The number of aldehydes is 1. The summed E-state index contributed by atoms with van der Waals surface area (Å²) in [5, 5.41) is 25.5. The molecular formula is C18H18N2O2. The zero-order valence-electron chi connectivity index (χ0n) is 16.7. The molecule has 2 rings (SSSR count). The van der Waals surface area contributed by atoms with Crippen molar-refractivity contribution in [3.8, 4) is 12.1 Å². The fraction of sp³-hybridized carbons (Fsp3) is 0.167. The van der Waals surface area contributed by atoms with Crippen LogP contribution in [0.1, 0.15) is 42.1 Å². The summed E-state index contributed by atoms with van der Waals surface area (Å²) in [7, 11) is 0. The van der Waals surface area contributed by atoms with Gasteiger partial charge in [-0.05, 0) is 5.56 Å². The molecule has 0 heterocycles. The third-order valence-corrected chi connectivity index (χ3v) is 2.25. The van der Waals surface area contributed by atoms with E-state index in [4.69, 9.17) is 17.4 Å². The lowest BCUT2D eigenvalue weighted by atomic mass is 10.1. The zero-order valence-corrected chi connectivity index (χ0v) is 11.7. The number of hydrogen-bond acceptors (Lipinski definition) is 4. The van der Waals surface area contributed by atoms with Gasteiger partial charge < -0.3 is 5.11 Å². The van der Waals surface area contributed by atoms with Gasteiger partial charge >= 0.3 is 0 Å². The van der Waals surface area contributed by atoms with Crippen LogP contribution in [0.5, 0.6) is 0 Å². The van der Waals surface area contributed by atoms with Gasteiger partial charge in [0, 0.05) is 19.3 Å². The maximum atomic E-state index is 10.0. The first-order valence-corrected chi connectivity index (χ1v) is 6.13. The molecule has 112 valence electrons. The molecule has 1 atom stereocenters. The highest BCUT2D eigenvalue weighted by Gasteiger charge is 2.03. The highest BCUT2D eigenvalue weighted by atomic mass is 16.3. The number of aliphatic hydroxyl groups excluding tert-OH is 1. The Morgan fingerprint density at radius 3 is 2.05 bits per heavy atom. The summed E-state index contributed by atoms with van der Waals surface area (Å²) >= 11 is 0. The Bertz CT molecular complexity index is 766. The van der Waals surface area contributed by atoms with E-state index in [1.54, 1.807) is 42.5 Å². The first-order chi connectivity index (χ1) is 12.6. The molecule has 2 aromatic carbocycles. The number of rotatable bonds is 3. The van der Waals surface area contributed by atoms with Gasteiger partial charge in [0.05, 0.1) is 24.6 Å².